The first kappa shape index (κ1) is 27.9. The van der Waals surface area contributed by atoms with Gasteiger partial charge in [-0.1, -0.05) is 37.8 Å². The zero-order chi connectivity index (χ0) is 29.1. The zero-order valence-electron chi connectivity index (χ0n) is 22.4. The average molecular weight is 555 g/mol. The summed E-state index contributed by atoms with van der Waals surface area (Å²) >= 11 is 0. The van der Waals surface area contributed by atoms with Gasteiger partial charge in [-0.3, -0.25) is 24.1 Å². The van der Waals surface area contributed by atoms with Crippen LogP contribution in [0.3, 0.4) is 0 Å². The summed E-state index contributed by atoms with van der Waals surface area (Å²) in [5, 5.41) is 45.0. The number of aromatic hydroxyl groups is 1. The highest BCUT2D eigenvalue weighted by Crippen LogP contribution is 2.53. The van der Waals surface area contributed by atoms with E-state index in [1.807, 2.05) is 0 Å². The summed E-state index contributed by atoms with van der Waals surface area (Å²) in [6.07, 6.45) is 3.51. The number of rotatable bonds is 4. The number of likely N-dealkylation sites (N-methyl/N-ethyl adjacent to an activating group) is 1. The average Bonchev–Trinajstić information content (AvgIpc) is 3.17. The first-order valence-electron chi connectivity index (χ1n) is 13.6. The highest BCUT2D eigenvalue weighted by atomic mass is 16.5. The number of benzene rings is 1. The van der Waals surface area contributed by atoms with Gasteiger partial charge in [-0.25, -0.2) is 0 Å². The number of hydrogen-bond donors (Lipinski definition) is 5. The Hall–Kier alpha value is -3.70. The van der Waals surface area contributed by atoms with E-state index in [0.29, 0.717) is 18.4 Å². The Morgan fingerprint density at radius 3 is 2.30 bits per heavy atom. The van der Waals surface area contributed by atoms with Gasteiger partial charge in [-0.05, 0) is 45.0 Å². The molecule has 40 heavy (non-hydrogen) atoms. The molecule has 1 aromatic rings. The predicted molar refractivity (Wildman–Crippen MR) is 141 cm³/mol. The smallest absolute Gasteiger partial charge is 0.309 e. The second-order valence-corrected chi connectivity index (χ2v) is 11.5. The zero-order valence-corrected chi connectivity index (χ0v) is 22.4. The molecule has 4 aliphatic rings. The Labute approximate surface area is 230 Å². The minimum absolute atomic E-state index is 0.0207. The molecule has 0 radical (unpaired) electrons. The van der Waals surface area contributed by atoms with E-state index in [4.69, 9.17) is 10.5 Å². The molecule has 0 bridgehead atoms. The molecule has 0 spiro atoms. The highest BCUT2D eigenvalue weighted by Gasteiger charge is 2.68. The lowest BCUT2D eigenvalue weighted by Crippen LogP contribution is -2.71. The van der Waals surface area contributed by atoms with E-state index in [2.05, 4.69) is 0 Å². The van der Waals surface area contributed by atoms with Crippen molar-refractivity contribution in [2.45, 2.75) is 62.7 Å². The quantitative estimate of drug-likeness (QED) is 0.207. The third-order valence-electron chi connectivity index (χ3n) is 8.95. The molecule has 5 rings (SSSR count). The minimum atomic E-state index is -2.93. The molecule has 6 N–H and O–H groups in total. The number of esters is 1. The van der Waals surface area contributed by atoms with Gasteiger partial charge in [-0.15, -0.1) is 0 Å². The summed E-state index contributed by atoms with van der Waals surface area (Å²) in [5.41, 5.74) is 1.63. The number of primary amides is 1. The van der Waals surface area contributed by atoms with E-state index in [-0.39, 0.29) is 23.3 Å². The number of hydrogen-bond acceptors (Lipinski definition) is 10. The molecule has 11 heteroatoms. The Kier molecular flexibility index (Phi) is 6.99. The van der Waals surface area contributed by atoms with E-state index < -0.39 is 76.0 Å². The van der Waals surface area contributed by atoms with Crippen LogP contribution in [0.4, 0.5) is 0 Å². The van der Waals surface area contributed by atoms with Gasteiger partial charge in [0.1, 0.15) is 28.9 Å². The standard InChI is InChI=1S/C29H34N2O9/c1-31(2)21-20-24(40-28(38)13-8-5-3-4-6-9-13)15-12-14-10-7-11-16(32)17(14)22(33)18(15)25(35)29(20,39)26(36)19(23(21)34)27(30)37/h7,10-11,13,15,20-21,24,32-33,36,39H,3-6,8-9,12H2,1-2H3,(H2,30,37)/t15-,20-,21+,24+,29+/m0/s1. The molecule has 1 aromatic carbocycles. The fraction of sp³-hybridized carbons (Fsp3) is 0.517. The number of carbonyl (C=O) groups excluding carboxylic acids is 4. The van der Waals surface area contributed by atoms with Gasteiger partial charge in [0.25, 0.3) is 5.91 Å². The Bertz CT molecular complexity index is 1350. The Morgan fingerprint density at radius 1 is 1.05 bits per heavy atom. The minimum Gasteiger partial charge on any atom is -0.508 e. The maximum Gasteiger partial charge on any atom is 0.309 e. The van der Waals surface area contributed by atoms with Gasteiger partial charge in [0.05, 0.1) is 23.4 Å². The van der Waals surface area contributed by atoms with E-state index in [1.165, 1.54) is 25.1 Å². The van der Waals surface area contributed by atoms with Gasteiger partial charge >= 0.3 is 5.97 Å². The molecule has 5 atom stereocenters. The highest BCUT2D eigenvalue weighted by molar-refractivity contribution is 6.24. The van der Waals surface area contributed by atoms with Crippen molar-refractivity contribution in [3.8, 4) is 5.75 Å². The van der Waals surface area contributed by atoms with Gasteiger partial charge in [0.15, 0.2) is 11.4 Å². The third kappa shape index (κ3) is 4.02. The largest absolute Gasteiger partial charge is 0.508 e. The molecule has 2 fully saturated rings. The lowest BCUT2D eigenvalue weighted by Gasteiger charge is -2.53. The lowest BCUT2D eigenvalue weighted by molar-refractivity contribution is -0.187. The predicted octanol–water partition coefficient (Wildman–Crippen LogP) is 1.46. The summed E-state index contributed by atoms with van der Waals surface area (Å²) in [5.74, 6) is -9.13. The van der Waals surface area contributed by atoms with Crippen LogP contribution in [0.1, 0.15) is 49.7 Å². The Morgan fingerprint density at radius 2 is 1.70 bits per heavy atom. The first-order valence-corrected chi connectivity index (χ1v) is 13.6. The number of aliphatic hydroxyl groups excluding tert-OH is 2. The summed E-state index contributed by atoms with van der Waals surface area (Å²) < 4.78 is 6.12. The van der Waals surface area contributed by atoms with Gasteiger partial charge < -0.3 is 30.9 Å². The molecule has 2 saturated carbocycles. The lowest BCUT2D eigenvalue weighted by atomic mass is 9.56. The number of carbonyl (C=O) groups is 4. The number of phenolic OH excluding ortho intramolecular Hbond substituents is 1. The molecule has 4 aliphatic carbocycles. The number of ether oxygens (including phenoxy) is 1. The maximum absolute atomic E-state index is 14.1. The van der Waals surface area contributed by atoms with Crippen molar-refractivity contribution in [1.82, 2.24) is 4.90 Å². The molecule has 214 valence electrons. The van der Waals surface area contributed by atoms with Crippen LogP contribution in [-0.2, 0) is 30.3 Å². The second-order valence-electron chi connectivity index (χ2n) is 11.5. The fourth-order valence-corrected chi connectivity index (χ4v) is 7.07. The van der Waals surface area contributed by atoms with Crippen molar-refractivity contribution in [3.63, 3.8) is 0 Å². The van der Waals surface area contributed by atoms with Crippen LogP contribution in [0.25, 0.3) is 5.76 Å². The number of nitrogens with two attached hydrogens (primary N) is 1. The summed E-state index contributed by atoms with van der Waals surface area (Å²) in [7, 11) is 2.99. The second kappa shape index (κ2) is 10.0. The van der Waals surface area contributed by atoms with E-state index in [9.17, 15) is 39.6 Å². The monoisotopic (exact) mass is 554 g/mol. The van der Waals surface area contributed by atoms with Crippen LogP contribution >= 0.6 is 0 Å². The molecule has 0 aromatic heterocycles. The van der Waals surface area contributed by atoms with Gasteiger partial charge in [0, 0.05) is 11.5 Å². The SMILES string of the molecule is CN(C)[C@H]1C(=O)C(C(N)=O)=C(O)[C@]2(O)C(=O)C3=C(O)c4c(O)cccc4C[C@@H]3[C@@H](OC(=O)C3CCCCCC3)[C@H]12. The van der Waals surface area contributed by atoms with Crippen molar-refractivity contribution in [1.29, 1.82) is 0 Å². The van der Waals surface area contributed by atoms with Crippen LogP contribution in [0.2, 0.25) is 0 Å². The van der Waals surface area contributed by atoms with Crippen molar-refractivity contribution < 1.29 is 44.3 Å². The molecule has 0 saturated heterocycles. The number of phenols is 1. The molecular formula is C29H34N2O9. The van der Waals surface area contributed by atoms with Crippen molar-refractivity contribution >= 4 is 29.2 Å². The summed E-state index contributed by atoms with van der Waals surface area (Å²) in [6.45, 7) is 0. The molecule has 0 heterocycles. The molecular weight excluding hydrogens is 520 g/mol. The molecule has 0 aliphatic heterocycles. The number of nitrogens with zero attached hydrogens (tertiary/aromatic N) is 1. The van der Waals surface area contributed by atoms with Crippen molar-refractivity contribution in [2.24, 2.45) is 23.5 Å². The van der Waals surface area contributed by atoms with Crippen LogP contribution in [0, 0.1) is 17.8 Å². The van der Waals surface area contributed by atoms with E-state index in [1.54, 1.807) is 12.1 Å². The number of amides is 1. The number of Topliss-reactive ketones (excluding diaryl/α,β-unsaturated/α-hetero) is 2. The first-order chi connectivity index (χ1) is 18.9. The van der Waals surface area contributed by atoms with Gasteiger partial charge in [0.2, 0.25) is 5.78 Å². The van der Waals surface area contributed by atoms with Crippen LogP contribution in [-0.4, -0.2) is 80.6 Å². The van der Waals surface area contributed by atoms with Crippen molar-refractivity contribution in [3.05, 3.63) is 46.2 Å². The molecule has 11 nitrogen and oxygen atoms in total. The maximum atomic E-state index is 14.1. The van der Waals surface area contributed by atoms with Crippen LogP contribution < -0.4 is 5.73 Å². The summed E-state index contributed by atoms with van der Waals surface area (Å²) in [6, 6.07) is 3.16. The fourth-order valence-electron chi connectivity index (χ4n) is 7.07. The number of aliphatic hydroxyl groups is 3. The van der Waals surface area contributed by atoms with E-state index in [0.717, 1.165) is 25.7 Å². The van der Waals surface area contributed by atoms with E-state index >= 15 is 0 Å². The number of ketones is 2. The van der Waals surface area contributed by atoms with Crippen LogP contribution in [0.15, 0.2) is 35.1 Å². The normalized spacial score (nSPS) is 30.9. The molecule has 1 amide bonds. The molecule has 0 unspecified atom stereocenters. The Balaban J connectivity index is 1.74. The van der Waals surface area contributed by atoms with Gasteiger partial charge in [-0.2, -0.15) is 0 Å². The topological polar surface area (TPSA) is 188 Å². The summed E-state index contributed by atoms with van der Waals surface area (Å²) in [4.78, 5) is 54.9. The van der Waals surface area contributed by atoms with Crippen molar-refractivity contribution in [2.75, 3.05) is 14.1 Å². The van der Waals surface area contributed by atoms with Crippen LogP contribution in [0.5, 0.6) is 5.75 Å². The number of fused-ring (bicyclic) bond motifs is 3. The third-order valence-corrected chi connectivity index (χ3v) is 8.95.